The molecule has 190 valence electrons. The first-order chi connectivity index (χ1) is 15.8. The molecule has 2 aliphatic carbocycles. The predicted molar refractivity (Wildman–Crippen MR) is 146 cm³/mol. The molecule has 2 aliphatic rings. The Hall–Kier alpha value is -2.73. The Balaban J connectivity index is 0.00000306. The molecular weight excluding hydrogens is 432 g/mol. The molecule has 1 aromatic carbocycles. The topological polar surface area (TPSA) is 51.2 Å². The van der Waals surface area contributed by atoms with Crippen molar-refractivity contribution >= 4 is 17.3 Å². The number of carbonyl (C=O) groups is 3. The Bertz CT molecular complexity index is 1000. The van der Waals surface area contributed by atoms with Gasteiger partial charge in [-0.1, -0.05) is 69.3 Å². The molecule has 0 aliphatic heterocycles. The lowest BCUT2D eigenvalue weighted by Crippen LogP contribution is -2.42. The first-order valence-electron chi connectivity index (χ1n) is 12.2. The van der Waals surface area contributed by atoms with Crippen molar-refractivity contribution in [3.8, 4) is 12.3 Å². The Morgan fingerprint density at radius 3 is 2.49 bits per heavy atom. The summed E-state index contributed by atoms with van der Waals surface area (Å²) in [6, 6.07) is 6.36. The van der Waals surface area contributed by atoms with E-state index in [0.717, 1.165) is 19.3 Å². The van der Waals surface area contributed by atoms with Crippen LogP contribution in [-0.2, 0) is 20.8 Å². The van der Waals surface area contributed by atoms with E-state index in [9.17, 15) is 14.4 Å². The van der Waals surface area contributed by atoms with E-state index >= 15 is 0 Å². The van der Waals surface area contributed by atoms with Crippen LogP contribution in [0.15, 0.2) is 42.0 Å². The number of allylic oxidation sites excluding steroid dienone is 4. The zero-order chi connectivity index (χ0) is 24.0. The van der Waals surface area contributed by atoms with Gasteiger partial charge in [-0.3, -0.25) is 14.4 Å². The van der Waals surface area contributed by atoms with Gasteiger partial charge in [0.15, 0.2) is 0 Å². The van der Waals surface area contributed by atoms with Crippen LogP contribution in [0.1, 0.15) is 83.4 Å². The normalized spacial score (nSPS) is 22.0. The molecule has 3 rings (SSSR count). The summed E-state index contributed by atoms with van der Waals surface area (Å²) in [5, 5.41) is 0. The quantitative estimate of drug-likeness (QED) is 0.336. The second kappa shape index (κ2) is 14.0. The van der Waals surface area contributed by atoms with Gasteiger partial charge in [0.05, 0.1) is 0 Å². The number of carbonyl (C=O) groups excluding carboxylic acids is 3. The van der Waals surface area contributed by atoms with E-state index in [4.69, 9.17) is 6.42 Å². The van der Waals surface area contributed by atoms with Crippen molar-refractivity contribution < 1.29 is 14.4 Å². The molecule has 35 heavy (non-hydrogen) atoms. The molecule has 0 radical (unpaired) electrons. The zero-order valence-electron chi connectivity index (χ0n) is 20.2. The fourth-order valence-corrected chi connectivity index (χ4v) is 5.25. The third-order valence-electron chi connectivity index (χ3n) is 7.39. The molecule has 1 saturated carbocycles. The summed E-state index contributed by atoms with van der Waals surface area (Å²) in [6.07, 6.45) is 16.2. The van der Waals surface area contributed by atoms with Gasteiger partial charge < -0.3 is 0 Å². The average Bonchev–Trinajstić information content (AvgIpc) is 3.29. The maximum absolute atomic E-state index is 13.6. The SMILES string of the molecule is C.C.C#CCC(C)C(=O)CC1C(=O)C(CCc2ccc(C)cc2C)CC(=O)C1CCC1=CC=CC1. The minimum Gasteiger partial charge on any atom is -0.299 e. The van der Waals surface area contributed by atoms with Crippen LogP contribution in [0.3, 0.4) is 0 Å². The van der Waals surface area contributed by atoms with Gasteiger partial charge in [0, 0.05) is 42.9 Å². The average molecular weight is 477 g/mol. The summed E-state index contributed by atoms with van der Waals surface area (Å²) in [5.41, 5.74) is 4.95. The third kappa shape index (κ3) is 7.89. The van der Waals surface area contributed by atoms with E-state index in [2.05, 4.69) is 50.1 Å². The molecule has 0 N–H and O–H groups in total. The van der Waals surface area contributed by atoms with Crippen LogP contribution in [0.25, 0.3) is 0 Å². The van der Waals surface area contributed by atoms with Gasteiger partial charge in [-0.15, -0.1) is 12.3 Å². The van der Waals surface area contributed by atoms with Gasteiger partial charge in [-0.2, -0.15) is 0 Å². The van der Waals surface area contributed by atoms with Gasteiger partial charge in [-0.05, 0) is 57.1 Å². The van der Waals surface area contributed by atoms with Crippen molar-refractivity contribution in [3.05, 3.63) is 58.7 Å². The van der Waals surface area contributed by atoms with Crippen LogP contribution >= 0.6 is 0 Å². The van der Waals surface area contributed by atoms with Gasteiger partial charge in [-0.25, -0.2) is 0 Å². The molecule has 1 aromatic rings. The molecule has 3 heteroatoms. The number of hydrogen-bond acceptors (Lipinski definition) is 3. The summed E-state index contributed by atoms with van der Waals surface area (Å²) in [5.74, 6) is 1.33. The van der Waals surface area contributed by atoms with E-state index in [1.807, 2.05) is 13.0 Å². The van der Waals surface area contributed by atoms with Gasteiger partial charge >= 0.3 is 0 Å². The molecule has 0 saturated heterocycles. The van der Waals surface area contributed by atoms with Crippen LogP contribution in [0.2, 0.25) is 0 Å². The van der Waals surface area contributed by atoms with E-state index in [-0.39, 0.29) is 56.4 Å². The number of Topliss-reactive ketones (excluding diaryl/α,β-unsaturated/α-hetero) is 3. The van der Waals surface area contributed by atoms with Crippen molar-refractivity contribution in [2.24, 2.45) is 23.7 Å². The van der Waals surface area contributed by atoms with Crippen molar-refractivity contribution in [1.29, 1.82) is 0 Å². The van der Waals surface area contributed by atoms with Gasteiger partial charge in [0.2, 0.25) is 0 Å². The number of hydrogen-bond donors (Lipinski definition) is 0. The van der Waals surface area contributed by atoms with Crippen LogP contribution in [0.5, 0.6) is 0 Å². The van der Waals surface area contributed by atoms with E-state index in [1.165, 1.54) is 22.3 Å². The molecule has 3 nitrogen and oxygen atoms in total. The van der Waals surface area contributed by atoms with Gasteiger partial charge in [0.1, 0.15) is 17.3 Å². The number of rotatable bonds is 10. The van der Waals surface area contributed by atoms with Crippen molar-refractivity contribution in [1.82, 2.24) is 0 Å². The monoisotopic (exact) mass is 476 g/mol. The fourth-order valence-electron chi connectivity index (χ4n) is 5.25. The lowest BCUT2D eigenvalue weighted by atomic mass is 9.67. The molecule has 4 unspecified atom stereocenters. The highest BCUT2D eigenvalue weighted by molar-refractivity contribution is 6.00. The van der Waals surface area contributed by atoms with E-state index < -0.39 is 5.92 Å². The number of benzene rings is 1. The molecular formula is C32H44O3. The van der Waals surface area contributed by atoms with Crippen molar-refractivity contribution in [2.45, 2.75) is 87.0 Å². The molecule has 0 heterocycles. The number of aryl methyl sites for hydroxylation is 3. The maximum atomic E-state index is 13.6. The zero-order valence-corrected chi connectivity index (χ0v) is 20.2. The standard InChI is InChI=1S/C30H36O3.2CH4/c1-5-8-21(3)28(31)19-27-26(16-12-23-9-6-7-10-23)29(32)18-25(30(27)33)15-14-24-13-11-20(2)17-22(24)4;;/h1,6-7,9,11,13,17,21,25-27H,8,10,12,14-16,18-19H2,2-4H3;2*1H4. The van der Waals surface area contributed by atoms with Gasteiger partial charge in [0.25, 0.3) is 0 Å². The molecule has 0 aromatic heterocycles. The van der Waals surface area contributed by atoms with Crippen molar-refractivity contribution in [2.75, 3.05) is 0 Å². The maximum Gasteiger partial charge on any atom is 0.140 e. The Kier molecular flexibility index (Phi) is 12.1. The molecule has 0 spiro atoms. The molecule has 1 fully saturated rings. The highest BCUT2D eigenvalue weighted by atomic mass is 16.1. The van der Waals surface area contributed by atoms with E-state index in [0.29, 0.717) is 25.7 Å². The lowest BCUT2D eigenvalue weighted by molar-refractivity contribution is -0.144. The molecule has 0 amide bonds. The summed E-state index contributed by atoms with van der Waals surface area (Å²) in [6.45, 7) is 5.98. The molecule has 4 atom stereocenters. The third-order valence-corrected chi connectivity index (χ3v) is 7.39. The minimum atomic E-state index is -0.516. The second-order valence-corrected chi connectivity index (χ2v) is 9.93. The Morgan fingerprint density at radius 2 is 1.86 bits per heavy atom. The summed E-state index contributed by atoms with van der Waals surface area (Å²) < 4.78 is 0. The Morgan fingerprint density at radius 1 is 1.11 bits per heavy atom. The fraction of sp³-hybridized carbons (Fsp3) is 0.531. The summed E-state index contributed by atoms with van der Waals surface area (Å²) in [7, 11) is 0. The predicted octanol–water partition coefficient (Wildman–Crippen LogP) is 7.18. The van der Waals surface area contributed by atoms with Crippen LogP contribution in [-0.4, -0.2) is 17.3 Å². The van der Waals surface area contributed by atoms with E-state index in [1.54, 1.807) is 0 Å². The highest BCUT2D eigenvalue weighted by Crippen LogP contribution is 2.38. The van der Waals surface area contributed by atoms with Crippen LogP contribution in [0.4, 0.5) is 0 Å². The first-order valence-corrected chi connectivity index (χ1v) is 12.2. The summed E-state index contributed by atoms with van der Waals surface area (Å²) in [4.78, 5) is 39.7. The smallest absolute Gasteiger partial charge is 0.140 e. The number of ketones is 3. The largest absolute Gasteiger partial charge is 0.299 e. The highest BCUT2D eigenvalue weighted by Gasteiger charge is 2.43. The van der Waals surface area contributed by atoms with Crippen molar-refractivity contribution in [3.63, 3.8) is 0 Å². The lowest BCUT2D eigenvalue weighted by Gasteiger charge is -2.34. The Labute approximate surface area is 213 Å². The first kappa shape index (κ1) is 30.3. The van der Waals surface area contributed by atoms with Crippen LogP contribution in [0, 0.1) is 49.9 Å². The summed E-state index contributed by atoms with van der Waals surface area (Å²) >= 11 is 0. The second-order valence-electron chi connectivity index (χ2n) is 9.93. The molecule has 0 bridgehead atoms. The van der Waals surface area contributed by atoms with Crippen LogP contribution < -0.4 is 0 Å². The number of terminal acetylenes is 1. The minimum absolute atomic E-state index is 0.